The highest BCUT2D eigenvalue weighted by atomic mass is 35.5. The van der Waals surface area contributed by atoms with E-state index in [0.29, 0.717) is 0 Å². The van der Waals surface area contributed by atoms with Crippen molar-refractivity contribution in [2.75, 3.05) is 0 Å². The van der Waals surface area contributed by atoms with Crippen LogP contribution in [0.1, 0.15) is 16.7 Å². The number of nitrogens with one attached hydrogen (secondary N) is 1. The minimum Gasteiger partial charge on any atom is -0.369 e. The molecule has 0 atom stereocenters. The number of halogens is 1. The molecule has 4 rings (SSSR count). The Morgan fingerprint density at radius 1 is 1.00 bits per heavy atom. The van der Waals surface area contributed by atoms with Crippen molar-refractivity contribution in [3.05, 3.63) is 95.0 Å². The highest BCUT2D eigenvalue weighted by molar-refractivity contribution is 7.92. The molecule has 0 saturated carbocycles. The molecule has 4 aromatic rings. The van der Waals surface area contributed by atoms with Crippen molar-refractivity contribution >= 4 is 39.7 Å². The summed E-state index contributed by atoms with van der Waals surface area (Å²) in [5.41, 5.74) is 13.0. The highest BCUT2D eigenvalue weighted by Gasteiger charge is 2.16. The Bertz CT molecular complexity index is 1380. The van der Waals surface area contributed by atoms with Gasteiger partial charge in [0.05, 0.1) is 12.2 Å². The lowest BCUT2D eigenvalue weighted by atomic mass is 9.97. The zero-order valence-corrected chi connectivity index (χ0v) is 21.2. The number of aliphatic imine (C=N–C) groups is 1. The van der Waals surface area contributed by atoms with E-state index in [9.17, 15) is 8.42 Å². The Labute approximate surface area is 210 Å². The predicted molar refractivity (Wildman–Crippen MR) is 142 cm³/mol. The molecule has 0 saturated heterocycles. The van der Waals surface area contributed by atoms with Gasteiger partial charge in [-0.1, -0.05) is 65.7 Å². The summed E-state index contributed by atoms with van der Waals surface area (Å²) >= 11 is 1.12. The summed E-state index contributed by atoms with van der Waals surface area (Å²) in [4.78, 5) is 8.94. The lowest BCUT2D eigenvalue weighted by Crippen LogP contribution is -2.36. The predicted octanol–water partition coefficient (Wildman–Crippen LogP) is 5.31. The van der Waals surface area contributed by atoms with E-state index in [0.717, 1.165) is 39.3 Å². The summed E-state index contributed by atoms with van der Waals surface area (Å²) < 4.78 is 27.2. The van der Waals surface area contributed by atoms with Crippen LogP contribution < -0.4 is 10.5 Å². The van der Waals surface area contributed by atoms with E-state index >= 15 is 0 Å². The SMILES string of the molecule is Cc1ccc(-c2cc(CN=C(N)NS(=O)(=O)c3cccs3)cnc2-c2ccc(C)cc2)cc1.Cl. The Kier molecular flexibility index (Phi) is 8.09. The Balaban J connectivity index is 0.00000324. The minimum atomic E-state index is -3.73. The average Bonchev–Trinajstić information content (AvgIpc) is 3.35. The summed E-state index contributed by atoms with van der Waals surface area (Å²) in [7, 11) is -3.73. The smallest absolute Gasteiger partial charge is 0.273 e. The number of hydrogen-bond donors (Lipinski definition) is 2. The van der Waals surface area contributed by atoms with Crippen LogP contribution in [0.25, 0.3) is 22.4 Å². The fraction of sp³-hybridized carbons (Fsp3) is 0.120. The van der Waals surface area contributed by atoms with Gasteiger partial charge in [-0.25, -0.2) is 18.1 Å². The van der Waals surface area contributed by atoms with Crippen molar-refractivity contribution < 1.29 is 8.42 Å². The molecule has 0 aliphatic rings. The normalized spacial score (nSPS) is 11.6. The number of sulfonamides is 1. The van der Waals surface area contributed by atoms with Gasteiger partial charge >= 0.3 is 0 Å². The standard InChI is InChI=1S/C25H24N4O2S2.ClH/c1-17-5-9-20(10-6-17)22-14-19(15-27-24(22)21-11-7-18(2)8-12-21)16-28-25(26)29-33(30,31)23-4-3-13-32-23;/h3-15H,16H2,1-2H3,(H3,26,28,29);1H. The van der Waals surface area contributed by atoms with Crippen molar-refractivity contribution in [2.45, 2.75) is 24.6 Å². The third-order valence-corrected chi connectivity index (χ3v) is 7.81. The molecule has 2 heterocycles. The fourth-order valence-corrected chi connectivity index (χ4v) is 5.25. The maximum atomic E-state index is 12.3. The van der Waals surface area contributed by atoms with E-state index in [1.165, 1.54) is 17.2 Å². The first-order chi connectivity index (χ1) is 15.8. The molecule has 0 fully saturated rings. The van der Waals surface area contributed by atoms with Gasteiger partial charge in [-0.05, 0) is 42.5 Å². The summed E-state index contributed by atoms with van der Waals surface area (Å²) in [5, 5.41) is 1.69. The molecule has 6 nitrogen and oxygen atoms in total. The molecular formula is C25H25ClN4O2S2. The third kappa shape index (κ3) is 6.02. The quantitative estimate of drug-likeness (QED) is 0.270. The lowest BCUT2D eigenvalue weighted by molar-refractivity contribution is 0.594. The first kappa shape index (κ1) is 25.4. The monoisotopic (exact) mass is 512 g/mol. The molecule has 0 radical (unpaired) electrons. The maximum absolute atomic E-state index is 12.3. The van der Waals surface area contributed by atoms with E-state index in [2.05, 4.69) is 65.2 Å². The van der Waals surface area contributed by atoms with Gasteiger partial charge in [0.15, 0.2) is 0 Å². The van der Waals surface area contributed by atoms with E-state index in [-0.39, 0.29) is 29.1 Å². The van der Waals surface area contributed by atoms with Crippen LogP contribution in [0.5, 0.6) is 0 Å². The van der Waals surface area contributed by atoms with Crippen LogP contribution in [0.4, 0.5) is 0 Å². The van der Waals surface area contributed by atoms with Gasteiger partial charge in [-0.15, -0.1) is 23.7 Å². The molecule has 0 bridgehead atoms. The van der Waals surface area contributed by atoms with Crippen molar-refractivity contribution in [1.82, 2.24) is 9.71 Å². The second kappa shape index (κ2) is 10.8. The van der Waals surface area contributed by atoms with Crippen molar-refractivity contribution in [2.24, 2.45) is 10.7 Å². The molecule has 0 amide bonds. The molecule has 0 aliphatic carbocycles. The van der Waals surface area contributed by atoms with Crippen LogP contribution in [-0.4, -0.2) is 19.4 Å². The maximum Gasteiger partial charge on any atom is 0.273 e. The van der Waals surface area contributed by atoms with Gasteiger partial charge < -0.3 is 5.73 Å². The second-order valence-electron chi connectivity index (χ2n) is 7.71. The minimum absolute atomic E-state index is 0. The highest BCUT2D eigenvalue weighted by Crippen LogP contribution is 2.31. The summed E-state index contributed by atoms with van der Waals surface area (Å²) in [5.74, 6) is -0.164. The largest absolute Gasteiger partial charge is 0.369 e. The number of rotatable bonds is 6. The number of hydrogen-bond acceptors (Lipinski definition) is 5. The lowest BCUT2D eigenvalue weighted by Gasteiger charge is -2.12. The Hall–Kier alpha value is -3.20. The van der Waals surface area contributed by atoms with Crippen molar-refractivity contribution in [3.8, 4) is 22.4 Å². The molecule has 0 unspecified atom stereocenters. The summed E-state index contributed by atoms with van der Waals surface area (Å²) in [6.07, 6.45) is 1.75. The first-order valence-electron chi connectivity index (χ1n) is 10.3. The van der Waals surface area contributed by atoms with Gasteiger partial charge in [-0.2, -0.15) is 0 Å². The Morgan fingerprint density at radius 2 is 1.62 bits per heavy atom. The Morgan fingerprint density at radius 3 is 2.21 bits per heavy atom. The molecule has 176 valence electrons. The number of benzene rings is 2. The van der Waals surface area contributed by atoms with Gasteiger partial charge in [0.1, 0.15) is 4.21 Å². The van der Waals surface area contributed by atoms with Crippen LogP contribution in [0.2, 0.25) is 0 Å². The first-order valence-corrected chi connectivity index (χ1v) is 12.7. The van der Waals surface area contributed by atoms with Gasteiger partial charge in [0, 0.05) is 17.3 Å². The topological polar surface area (TPSA) is 97.4 Å². The van der Waals surface area contributed by atoms with Crippen molar-refractivity contribution in [3.63, 3.8) is 0 Å². The van der Waals surface area contributed by atoms with Crippen LogP contribution in [0.3, 0.4) is 0 Å². The summed E-state index contributed by atoms with van der Waals surface area (Å²) in [6.45, 7) is 4.29. The molecule has 2 aromatic carbocycles. The zero-order valence-electron chi connectivity index (χ0n) is 18.7. The molecule has 0 aliphatic heterocycles. The molecule has 9 heteroatoms. The number of thiophene rings is 1. The van der Waals surface area contributed by atoms with Crippen LogP contribution in [0, 0.1) is 13.8 Å². The van der Waals surface area contributed by atoms with E-state index in [1.807, 2.05) is 13.0 Å². The number of nitrogens with zero attached hydrogens (tertiary/aromatic N) is 2. The van der Waals surface area contributed by atoms with Crippen LogP contribution in [0.15, 0.2) is 87.5 Å². The zero-order chi connectivity index (χ0) is 23.4. The average molecular weight is 513 g/mol. The van der Waals surface area contributed by atoms with Gasteiger partial charge in [0.25, 0.3) is 10.0 Å². The van der Waals surface area contributed by atoms with Gasteiger partial charge in [-0.3, -0.25) is 4.98 Å². The van der Waals surface area contributed by atoms with Crippen LogP contribution >= 0.6 is 23.7 Å². The van der Waals surface area contributed by atoms with Crippen LogP contribution in [-0.2, 0) is 16.6 Å². The molecule has 34 heavy (non-hydrogen) atoms. The number of aromatic nitrogens is 1. The number of guanidine groups is 1. The van der Waals surface area contributed by atoms with Crippen molar-refractivity contribution in [1.29, 1.82) is 0 Å². The van der Waals surface area contributed by atoms with E-state index in [1.54, 1.807) is 17.6 Å². The number of pyridine rings is 1. The third-order valence-electron chi connectivity index (χ3n) is 5.06. The second-order valence-corrected chi connectivity index (χ2v) is 10.6. The van der Waals surface area contributed by atoms with E-state index < -0.39 is 10.0 Å². The number of nitrogens with two attached hydrogens (primary N) is 1. The molecule has 2 aromatic heterocycles. The fourth-order valence-electron chi connectivity index (χ4n) is 3.30. The molecular weight excluding hydrogens is 488 g/mol. The van der Waals surface area contributed by atoms with Gasteiger partial charge in [0.2, 0.25) is 5.96 Å². The molecule has 0 spiro atoms. The van der Waals surface area contributed by atoms with E-state index in [4.69, 9.17) is 10.7 Å². The summed E-state index contributed by atoms with van der Waals surface area (Å²) in [6, 6.07) is 21.7. The number of aryl methyl sites for hydroxylation is 2. The molecule has 3 N–H and O–H groups in total.